The van der Waals surface area contributed by atoms with Gasteiger partial charge in [0, 0.05) is 19.6 Å². The van der Waals surface area contributed by atoms with Gasteiger partial charge in [0.15, 0.2) is 0 Å². The average Bonchev–Trinajstić information content (AvgIpc) is 3.35. The Morgan fingerprint density at radius 1 is 1.38 bits per heavy atom. The van der Waals surface area contributed by atoms with E-state index in [4.69, 9.17) is 4.74 Å². The number of hydrogen-bond donors (Lipinski definition) is 1. The highest BCUT2D eigenvalue weighted by molar-refractivity contribution is 5.74. The van der Waals surface area contributed by atoms with E-state index in [1.165, 1.54) is 12.8 Å². The number of rotatable bonds is 7. The van der Waals surface area contributed by atoms with E-state index in [-0.39, 0.29) is 6.03 Å². The summed E-state index contributed by atoms with van der Waals surface area (Å²) in [5, 5.41) is 2.97. The van der Waals surface area contributed by atoms with Gasteiger partial charge >= 0.3 is 6.03 Å². The van der Waals surface area contributed by atoms with Crippen molar-refractivity contribution in [2.24, 2.45) is 5.92 Å². The molecule has 4 heteroatoms. The second-order valence-corrected chi connectivity index (χ2v) is 5.84. The lowest BCUT2D eigenvalue weighted by molar-refractivity contribution is 0.187. The van der Waals surface area contributed by atoms with Crippen LogP contribution in [0, 0.1) is 5.92 Å². The van der Waals surface area contributed by atoms with Crippen LogP contribution in [0.5, 0.6) is 5.75 Å². The fraction of sp³-hybridized carbons (Fsp3) is 0.588. The minimum absolute atomic E-state index is 0.000657. The molecule has 0 saturated heterocycles. The van der Waals surface area contributed by atoms with Gasteiger partial charge in [-0.2, -0.15) is 0 Å². The predicted molar refractivity (Wildman–Crippen MR) is 84.4 cm³/mol. The van der Waals surface area contributed by atoms with Gasteiger partial charge in [-0.25, -0.2) is 4.79 Å². The maximum Gasteiger partial charge on any atom is 0.317 e. The molecule has 1 aliphatic carbocycles. The van der Waals surface area contributed by atoms with Crippen LogP contribution in [0.4, 0.5) is 4.79 Å². The number of hydrogen-bond acceptors (Lipinski definition) is 2. The van der Waals surface area contributed by atoms with E-state index in [1.807, 2.05) is 36.2 Å². The summed E-state index contributed by atoms with van der Waals surface area (Å²) in [7, 11) is 1.88. The van der Waals surface area contributed by atoms with Crippen LogP contribution >= 0.6 is 0 Å². The molecule has 1 aromatic rings. The number of carbonyl (C=O) groups is 1. The maximum atomic E-state index is 12.1. The summed E-state index contributed by atoms with van der Waals surface area (Å²) in [5.41, 5.74) is 1.08. The summed E-state index contributed by atoms with van der Waals surface area (Å²) >= 11 is 0. The lowest BCUT2D eigenvalue weighted by atomic mass is 10.2. The Morgan fingerprint density at radius 2 is 2.05 bits per heavy atom. The fourth-order valence-electron chi connectivity index (χ4n) is 2.31. The van der Waals surface area contributed by atoms with E-state index in [9.17, 15) is 4.79 Å². The molecule has 0 heterocycles. The maximum absolute atomic E-state index is 12.1. The Morgan fingerprint density at radius 3 is 2.62 bits per heavy atom. The van der Waals surface area contributed by atoms with E-state index in [2.05, 4.69) is 19.2 Å². The third-order valence-corrected chi connectivity index (χ3v) is 4.08. The van der Waals surface area contributed by atoms with Crippen molar-refractivity contribution in [1.82, 2.24) is 10.2 Å². The summed E-state index contributed by atoms with van der Waals surface area (Å²) in [6.45, 7) is 5.49. The highest BCUT2D eigenvalue weighted by Gasteiger charge is 2.32. The van der Waals surface area contributed by atoms with Gasteiger partial charge in [0.05, 0.1) is 6.61 Å². The molecule has 0 aromatic heterocycles. The first-order valence-electron chi connectivity index (χ1n) is 7.84. The van der Waals surface area contributed by atoms with Crippen LogP contribution in [-0.4, -0.2) is 30.6 Å². The fourth-order valence-corrected chi connectivity index (χ4v) is 2.31. The van der Waals surface area contributed by atoms with Crippen molar-refractivity contribution < 1.29 is 9.53 Å². The largest absolute Gasteiger partial charge is 0.494 e. The Balaban J connectivity index is 1.77. The third kappa shape index (κ3) is 4.66. The molecule has 116 valence electrons. The molecule has 1 aliphatic rings. The minimum atomic E-state index is 0.000657. The summed E-state index contributed by atoms with van der Waals surface area (Å²) in [6.07, 6.45) is 3.50. The first-order valence-corrected chi connectivity index (χ1v) is 7.84. The topological polar surface area (TPSA) is 41.6 Å². The molecule has 21 heavy (non-hydrogen) atoms. The zero-order chi connectivity index (χ0) is 15.2. The molecule has 1 fully saturated rings. The molecular formula is C17H26N2O2. The van der Waals surface area contributed by atoms with Crippen LogP contribution in [0.3, 0.4) is 0 Å². The van der Waals surface area contributed by atoms with Gasteiger partial charge in [0.25, 0.3) is 0 Å². The molecule has 1 unspecified atom stereocenters. The number of nitrogens with one attached hydrogen (secondary N) is 1. The lowest BCUT2D eigenvalue weighted by Gasteiger charge is -2.25. The van der Waals surface area contributed by atoms with Crippen LogP contribution in [0.25, 0.3) is 0 Å². The van der Waals surface area contributed by atoms with Crippen LogP contribution in [-0.2, 0) is 6.54 Å². The summed E-state index contributed by atoms with van der Waals surface area (Å²) in [5.74, 6) is 1.57. The van der Waals surface area contributed by atoms with E-state index in [0.29, 0.717) is 18.5 Å². The van der Waals surface area contributed by atoms with Crippen LogP contribution in [0.1, 0.15) is 38.7 Å². The average molecular weight is 290 g/mol. The van der Waals surface area contributed by atoms with Gasteiger partial charge in [-0.15, -0.1) is 0 Å². The SMILES string of the molecule is CCCOc1ccc(CNC(=O)N(C)C(C)C2CC2)cc1. The van der Waals surface area contributed by atoms with Gasteiger partial charge in [-0.05, 0) is 49.8 Å². The van der Waals surface area contributed by atoms with Crippen molar-refractivity contribution in [3.8, 4) is 5.75 Å². The molecule has 1 atom stereocenters. The molecule has 2 amide bonds. The molecule has 0 aliphatic heterocycles. The molecule has 1 N–H and O–H groups in total. The van der Waals surface area contributed by atoms with Crippen molar-refractivity contribution in [1.29, 1.82) is 0 Å². The molecule has 2 rings (SSSR count). The van der Waals surface area contributed by atoms with Gasteiger partial charge in [-0.3, -0.25) is 0 Å². The van der Waals surface area contributed by atoms with Crippen molar-refractivity contribution in [2.45, 2.75) is 45.7 Å². The molecule has 0 spiro atoms. The van der Waals surface area contributed by atoms with Crippen LogP contribution in [0.15, 0.2) is 24.3 Å². The quantitative estimate of drug-likeness (QED) is 0.836. The molecule has 0 bridgehead atoms. The highest BCUT2D eigenvalue weighted by atomic mass is 16.5. The Labute approximate surface area is 127 Å². The second-order valence-electron chi connectivity index (χ2n) is 5.84. The van der Waals surface area contributed by atoms with Crippen molar-refractivity contribution in [3.05, 3.63) is 29.8 Å². The standard InChI is InChI=1S/C17H26N2O2/c1-4-11-21-16-9-5-14(6-10-16)12-18-17(20)19(3)13(2)15-7-8-15/h5-6,9-10,13,15H,4,7-8,11-12H2,1-3H3,(H,18,20). The van der Waals surface area contributed by atoms with Crippen LogP contribution < -0.4 is 10.1 Å². The number of amides is 2. The summed E-state index contributed by atoms with van der Waals surface area (Å²) in [6, 6.07) is 8.22. The van der Waals surface area contributed by atoms with E-state index in [1.54, 1.807) is 0 Å². The summed E-state index contributed by atoms with van der Waals surface area (Å²) in [4.78, 5) is 13.9. The van der Waals surface area contributed by atoms with E-state index in [0.717, 1.165) is 24.3 Å². The molecular weight excluding hydrogens is 264 g/mol. The monoisotopic (exact) mass is 290 g/mol. The lowest BCUT2D eigenvalue weighted by Crippen LogP contribution is -2.42. The normalized spacial score (nSPS) is 15.4. The zero-order valence-corrected chi connectivity index (χ0v) is 13.3. The van der Waals surface area contributed by atoms with Gasteiger partial charge < -0.3 is 15.0 Å². The minimum Gasteiger partial charge on any atom is -0.494 e. The summed E-state index contributed by atoms with van der Waals surface area (Å²) < 4.78 is 5.54. The van der Waals surface area contributed by atoms with Crippen molar-refractivity contribution in [2.75, 3.05) is 13.7 Å². The smallest absolute Gasteiger partial charge is 0.317 e. The van der Waals surface area contributed by atoms with Gasteiger partial charge in [-0.1, -0.05) is 19.1 Å². The number of carbonyl (C=O) groups excluding carboxylic acids is 1. The first kappa shape index (κ1) is 15.7. The Hall–Kier alpha value is -1.71. The number of benzene rings is 1. The molecule has 1 saturated carbocycles. The predicted octanol–water partition coefficient (Wildman–Crippen LogP) is 3.42. The van der Waals surface area contributed by atoms with Gasteiger partial charge in [0.2, 0.25) is 0 Å². The molecule has 4 nitrogen and oxygen atoms in total. The molecule has 0 radical (unpaired) electrons. The van der Waals surface area contributed by atoms with E-state index < -0.39 is 0 Å². The van der Waals surface area contributed by atoms with Crippen molar-refractivity contribution in [3.63, 3.8) is 0 Å². The number of urea groups is 1. The highest BCUT2D eigenvalue weighted by Crippen LogP contribution is 2.34. The third-order valence-electron chi connectivity index (χ3n) is 4.08. The zero-order valence-electron chi connectivity index (χ0n) is 13.3. The second kappa shape index (κ2) is 7.34. The van der Waals surface area contributed by atoms with E-state index >= 15 is 0 Å². The number of ether oxygens (including phenoxy) is 1. The number of nitrogens with zero attached hydrogens (tertiary/aromatic N) is 1. The Bertz CT molecular complexity index is 454. The van der Waals surface area contributed by atoms with Crippen LogP contribution in [0.2, 0.25) is 0 Å². The first-order chi connectivity index (χ1) is 10.1. The van der Waals surface area contributed by atoms with Crippen molar-refractivity contribution >= 4 is 6.03 Å². The molecule has 1 aromatic carbocycles. The Kier molecular flexibility index (Phi) is 5.48. The van der Waals surface area contributed by atoms with Gasteiger partial charge in [0.1, 0.15) is 5.75 Å².